The lowest BCUT2D eigenvalue weighted by molar-refractivity contribution is -0.131. The minimum absolute atomic E-state index is 0.0189. The maximum absolute atomic E-state index is 13.1. The van der Waals surface area contributed by atoms with Crippen LogP contribution in [0.25, 0.3) is 0 Å². The highest BCUT2D eigenvalue weighted by atomic mass is 19.1. The van der Waals surface area contributed by atoms with Gasteiger partial charge in [0, 0.05) is 6.54 Å². The van der Waals surface area contributed by atoms with Crippen molar-refractivity contribution in [2.24, 2.45) is 0 Å². The van der Waals surface area contributed by atoms with E-state index in [1.165, 1.54) is 12.1 Å². The van der Waals surface area contributed by atoms with E-state index in [9.17, 15) is 14.3 Å². The van der Waals surface area contributed by atoms with Crippen LogP contribution in [0.1, 0.15) is 30.0 Å². The highest BCUT2D eigenvalue weighted by molar-refractivity contribution is 5.79. The Morgan fingerprint density at radius 1 is 1.23 bits per heavy atom. The number of likely N-dealkylation sites (tertiary alicyclic amines) is 1. The third kappa shape index (κ3) is 3.11. The van der Waals surface area contributed by atoms with Gasteiger partial charge in [-0.25, -0.2) is 4.39 Å². The van der Waals surface area contributed by atoms with Crippen molar-refractivity contribution in [1.82, 2.24) is 4.90 Å². The fraction of sp³-hybridized carbons (Fsp3) is 0.278. The average molecular weight is 299 g/mol. The Kier molecular flexibility index (Phi) is 4.09. The summed E-state index contributed by atoms with van der Waals surface area (Å²) in [5.41, 5.74) is 1.78. The van der Waals surface area contributed by atoms with Crippen LogP contribution in [-0.4, -0.2) is 22.5 Å². The van der Waals surface area contributed by atoms with Crippen LogP contribution in [0.15, 0.2) is 48.5 Å². The summed E-state index contributed by atoms with van der Waals surface area (Å²) in [5, 5.41) is 9.49. The molecule has 1 heterocycles. The second-order valence-electron chi connectivity index (χ2n) is 5.64. The SMILES string of the molecule is O=C(Cc1cccc(O)c1)N1CCC[C@H]1c1ccc(F)cc1. The molecule has 0 radical (unpaired) electrons. The Balaban J connectivity index is 1.75. The molecule has 3 nitrogen and oxygen atoms in total. The third-order valence-electron chi connectivity index (χ3n) is 4.09. The first-order valence-electron chi connectivity index (χ1n) is 7.46. The Hall–Kier alpha value is -2.36. The number of phenolic OH excluding ortho intramolecular Hbond substituents is 1. The molecule has 0 spiro atoms. The predicted octanol–water partition coefficient (Wildman–Crippen LogP) is 3.44. The first-order valence-corrected chi connectivity index (χ1v) is 7.46. The van der Waals surface area contributed by atoms with Crippen molar-refractivity contribution in [3.05, 3.63) is 65.5 Å². The molecule has 1 fully saturated rings. The summed E-state index contributed by atoms with van der Waals surface area (Å²) in [5.74, 6) is -0.0568. The number of phenols is 1. The lowest BCUT2D eigenvalue weighted by Gasteiger charge is -2.25. The van der Waals surface area contributed by atoms with Gasteiger partial charge in [0.1, 0.15) is 11.6 Å². The maximum Gasteiger partial charge on any atom is 0.227 e. The van der Waals surface area contributed by atoms with Crippen molar-refractivity contribution in [2.45, 2.75) is 25.3 Å². The van der Waals surface area contributed by atoms with Crippen molar-refractivity contribution < 1.29 is 14.3 Å². The summed E-state index contributed by atoms with van der Waals surface area (Å²) in [6.07, 6.45) is 2.12. The first-order chi connectivity index (χ1) is 10.6. The maximum atomic E-state index is 13.1. The van der Waals surface area contributed by atoms with Crippen LogP contribution in [0.4, 0.5) is 4.39 Å². The van der Waals surface area contributed by atoms with Crippen LogP contribution in [-0.2, 0) is 11.2 Å². The molecule has 2 aromatic carbocycles. The highest BCUT2D eigenvalue weighted by Gasteiger charge is 2.29. The van der Waals surface area contributed by atoms with E-state index in [0.717, 1.165) is 30.5 Å². The molecule has 0 aromatic heterocycles. The molecule has 0 bridgehead atoms. The molecule has 22 heavy (non-hydrogen) atoms. The van der Waals surface area contributed by atoms with Crippen molar-refractivity contribution in [3.8, 4) is 5.75 Å². The summed E-state index contributed by atoms with van der Waals surface area (Å²) in [6.45, 7) is 0.722. The molecule has 1 aliphatic heterocycles. The Morgan fingerprint density at radius 2 is 2.00 bits per heavy atom. The van der Waals surface area contributed by atoms with Crippen LogP contribution < -0.4 is 0 Å². The predicted molar refractivity (Wildman–Crippen MR) is 81.9 cm³/mol. The summed E-state index contributed by atoms with van der Waals surface area (Å²) in [6, 6.07) is 13.2. The van der Waals surface area contributed by atoms with Crippen molar-refractivity contribution in [1.29, 1.82) is 0 Å². The Bertz CT molecular complexity index is 669. The first kappa shape index (κ1) is 14.6. The van der Waals surface area contributed by atoms with E-state index < -0.39 is 0 Å². The van der Waals surface area contributed by atoms with Gasteiger partial charge in [0.25, 0.3) is 0 Å². The quantitative estimate of drug-likeness (QED) is 0.943. The lowest BCUT2D eigenvalue weighted by atomic mass is 10.0. The zero-order valence-corrected chi connectivity index (χ0v) is 12.2. The smallest absolute Gasteiger partial charge is 0.227 e. The van der Waals surface area contributed by atoms with E-state index in [0.29, 0.717) is 0 Å². The van der Waals surface area contributed by atoms with Crippen molar-refractivity contribution >= 4 is 5.91 Å². The van der Waals surface area contributed by atoms with Crippen molar-refractivity contribution in [3.63, 3.8) is 0 Å². The van der Waals surface area contributed by atoms with E-state index in [4.69, 9.17) is 0 Å². The minimum Gasteiger partial charge on any atom is -0.508 e. The normalized spacial score (nSPS) is 17.7. The average Bonchev–Trinajstić information content (AvgIpc) is 2.97. The number of hydrogen-bond donors (Lipinski definition) is 1. The van der Waals surface area contributed by atoms with E-state index in [-0.39, 0.29) is 29.9 Å². The number of amides is 1. The molecule has 1 aliphatic rings. The summed E-state index contributed by atoms with van der Waals surface area (Å²) >= 11 is 0. The molecule has 3 rings (SSSR count). The highest BCUT2D eigenvalue weighted by Crippen LogP contribution is 2.32. The van der Waals surface area contributed by atoms with Gasteiger partial charge in [0.2, 0.25) is 5.91 Å². The number of benzene rings is 2. The van der Waals surface area contributed by atoms with Crippen LogP contribution >= 0.6 is 0 Å². The second kappa shape index (κ2) is 6.18. The molecule has 0 aliphatic carbocycles. The van der Waals surface area contributed by atoms with E-state index >= 15 is 0 Å². The molecule has 1 atom stereocenters. The number of carbonyl (C=O) groups excluding carboxylic acids is 1. The van der Waals surface area contributed by atoms with Gasteiger partial charge in [-0.15, -0.1) is 0 Å². The summed E-state index contributed by atoms with van der Waals surface area (Å²) in [7, 11) is 0. The molecule has 1 saturated heterocycles. The zero-order chi connectivity index (χ0) is 15.5. The number of halogens is 1. The standard InChI is InChI=1S/C18H18FNO2/c19-15-8-6-14(7-9-15)17-5-2-10-20(17)18(22)12-13-3-1-4-16(21)11-13/h1,3-4,6-9,11,17,21H,2,5,10,12H2/t17-/m0/s1. The molecule has 114 valence electrons. The molecule has 4 heteroatoms. The molecule has 2 aromatic rings. The van der Waals surface area contributed by atoms with E-state index in [1.807, 2.05) is 11.0 Å². The van der Waals surface area contributed by atoms with Gasteiger partial charge < -0.3 is 10.0 Å². The minimum atomic E-state index is -0.264. The van der Waals surface area contributed by atoms with Gasteiger partial charge in [0.15, 0.2) is 0 Å². The number of rotatable bonds is 3. The van der Waals surface area contributed by atoms with Crippen LogP contribution in [0.3, 0.4) is 0 Å². The molecular weight excluding hydrogens is 281 g/mol. The number of nitrogens with zero attached hydrogens (tertiary/aromatic N) is 1. The summed E-state index contributed by atoms with van der Waals surface area (Å²) in [4.78, 5) is 14.4. The molecule has 1 N–H and O–H groups in total. The topological polar surface area (TPSA) is 40.5 Å². The van der Waals surface area contributed by atoms with Crippen molar-refractivity contribution in [2.75, 3.05) is 6.54 Å². The number of carbonyl (C=O) groups is 1. The number of aromatic hydroxyl groups is 1. The van der Waals surface area contributed by atoms with Crippen LogP contribution in [0.5, 0.6) is 5.75 Å². The summed E-state index contributed by atoms with van der Waals surface area (Å²) < 4.78 is 13.1. The van der Waals surface area contributed by atoms with Gasteiger partial charge in [-0.3, -0.25) is 4.79 Å². The fourth-order valence-corrected chi connectivity index (χ4v) is 3.04. The number of hydrogen-bond acceptors (Lipinski definition) is 2. The lowest BCUT2D eigenvalue weighted by Crippen LogP contribution is -2.31. The third-order valence-corrected chi connectivity index (χ3v) is 4.09. The van der Waals surface area contributed by atoms with Gasteiger partial charge >= 0.3 is 0 Å². The molecule has 0 saturated carbocycles. The Morgan fingerprint density at radius 3 is 2.73 bits per heavy atom. The molecular formula is C18H18FNO2. The van der Waals surface area contributed by atoms with E-state index in [2.05, 4.69) is 0 Å². The van der Waals surface area contributed by atoms with E-state index in [1.54, 1.807) is 30.3 Å². The molecule has 1 amide bonds. The van der Waals surface area contributed by atoms with Gasteiger partial charge in [-0.1, -0.05) is 24.3 Å². The fourth-order valence-electron chi connectivity index (χ4n) is 3.04. The Labute approximate surface area is 129 Å². The largest absolute Gasteiger partial charge is 0.508 e. The van der Waals surface area contributed by atoms with Gasteiger partial charge in [0.05, 0.1) is 12.5 Å². The molecule has 0 unspecified atom stereocenters. The van der Waals surface area contributed by atoms with Gasteiger partial charge in [-0.05, 0) is 48.2 Å². The zero-order valence-electron chi connectivity index (χ0n) is 12.2. The van der Waals surface area contributed by atoms with Crippen LogP contribution in [0.2, 0.25) is 0 Å². The second-order valence-corrected chi connectivity index (χ2v) is 5.64. The van der Waals surface area contributed by atoms with Gasteiger partial charge in [-0.2, -0.15) is 0 Å². The monoisotopic (exact) mass is 299 g/mol. The van der Waals surface area contributed by atoms with Crippen LogP contribution in [0, 0.1) is 5.82 Å².